The lowest BCUT2D eigenvalue weighted by atomic mass is 9.36. The van der Waals surface area contributed by atoms with E-state index >= 15 is 0 Å². The topological polar surface area (TPSA) is 107 Å². The van der Waals surface area contributed by atoms with Crippen molar-refractivity contribution in [3.63, 3.8) is 0 Å². The first-order valence-corrected chi connectivity index (χ1v) is 20.9. The number of hydrogen-bond donors (Lipinski definition) is 2. The Kier molecular flexibility index (Phi) is 10.7. The highest BCUT2D eigenvalue weighted by atomic mass is 16.5. The molecule has 8 saturated carbocycles. The number of nitrogens with one attached hydrogen (secondary N) is 1. The fraction of sp³-hybridized carbons (Fsp3) is 0.909. The van der Waals surface area contributed by atoms with Gasteiger partial charge in [-0.1, -0.05) is 61.8 Å². The van der Waals surface area contributed by atoms with Gasteiger partial charge in [-0.15, -0.1) is 10.2 Å². The summed E-state index contributed by atoms with van der Waals surface area (Å²) in [6, 6.07) is 0. The molecule has 8 fully saturated rings. The molecule has 8 aliphatic carbocycles. The smallest absolute Gasteiger partial charge is 0.234 e. The van der Waals surface area contributed by atoms with Crippen molar-refractivity contribution < 1.29 is 9.53 Å². The molecule has 10 aliphatic rings. The van der Waals surface area contributed by atoms with Crippen molar-refractivity contribution in [3.05, 3.63) is 11.6 Å². The van der Waals surface area contributed by atoms with E-state index in [1.807, 2.05) is 0 Å². The second-order valence-electron chi connectivity index (χ2n) is 22.2. The highest BCUT2D eigenvalue weighted by Gasteiger charge is 2.65. The average Bonchev–Trinajstić information content (AvgIpc) is 3.16. The number of carbonyl (C=O) groups is 1. The van der Waals surface area contributed by atoms with Gasteiger partial charge in [0.2, 0.25) is 5.91 Å². The number of methoxy groups -OCH3 is 1. The Hall–Kier alpha value is -1.96. The Labute approximate surface area is 317 Å². The van der Waals surface area contributed by atoms with E-state index in [0.717, 1.165) is 31.8 Å². The summed E-state index contributed by atoms with van der Waals surface area (Å²) in [6.07, 6.45) is 28.0. The number of carbonyl (C=O) groups excluding carboxylic acids is 1. The number of hydrazine groups is 1. The van der Waals surface area contributed by atoms with Crippen molar-refractivity contribution in [3.8, 4) is 0 Å². The van der Waals surface area contributed by atoms with Crippen LogP contribution in [0.15, 0.2) is 4.99 Å². The summed E-state index contributed by atoms with van der Waals surface area (Å²) in [5.41, 5.74) is 6.11. The first-order chi connectivity index (χ1) is 23.9. The van der Waals surface area contributed by atoms with E-state index in [0.29, 0.717) is 44.3 Å². The molecule has 0 atom stereocenters. The van der Waals surface area contributed by atoms with E-state index < -0.39 is 0 Å². The summed E-state index contributed by atoms with van der Waals surface area (Å²) in [7, 11) is 1.70. The number of nitrogens with zero attached hydrogens (tertiary/aromatic N) is 4. The van der Waals surface area contributed by atoms with Gasteiger partial charge in [-0.05, 0) is 146 Å². The van der Waals surface area contributed by atoms with Crippen LogP contribution in [-0.2, 0) is 28.9 Å². The maximum atomic E-state index is 11.8. The number of hydrogen-bond acceptors (Lipinski definition) is 6. The molecule has 0 saturated heterocycles. The molecule has 0 spiro atoms. The Morgan fingerprint density at radius 2 is 1.15 bits per heavy atom. The summed E-state index contributed by atoms with van der Waals surface area (Å²) in [6.45, 7) is 17.2. The lowest BCUT2D eigenvalue weighted by Crippen LogP contribution is -2.59. The largest absolute Gasteiger partial charge is 0.484 e. The lowest BCUT2D eigenvalue weighted by Gasteiger charge is -2.69. The van der Waals surface area contributed by atoms with Crippen molar-refractivity contribution in [2.24, 2.45) is 54.2 Å². The number of amides is 1. The minimum atomic E-state index is 0. The molecule has 0 aromatic carbocycles. The van der Waals surface area contributed by atoms with Gasteiger partial charge in [-0.25, -0.2) is 5.84 Å². The Morgan fingerprint density at radius 3 is 1.65 bits per heavy atom. The molecule has 1 aromatic rings. The third-order valence-electron chi connectivity index (χ3n) is 14.9. The number of aliphatic imine (C=N–C) groups is 1. The molecule has 8 heteroatoms. The second-order valence-corrected chi connectivity index (χ2v) is 22.2. The maximum absolute atomic E-state index is 11.8. The summed E-state index contributed by atoms with van der Waals surface area (Å²) < 4.78 is 7.52. The van der Waals surface area contributed by atoms with Gasteiger partial charge in [-0.2, -0.15) is 0 Å². The quantitative estimate of drug-likeness (QED) is 0.183. The van der Waals surface area contributed by atoms with Gasteiger partial charge in [-0.3, -0.25) is 15.2 Å². The zero-order valence-corrected chi connectivity index (χ0v) is 33.7. The van der Waals surface area contributed by atoms with Crippen molar-refractivity contribution in [2.45, 2.75) is 197 Å². The van der Waals surface area contributed by atoms with Crippen LogP contribution in [0.1, 0.15) is 189 Å². The predicted octanol–water partition coefficient (Wildman–Crippen LogP) is 9.93. The van der Waals surface area contributed by atoms with Gasteiger partial charge < -0.3 is 9.30 Å². The van der Waals surface area contributed by atoms with Crippen molar-refractivity contribution in [2.75, 3.05) is 13.7 Å². The molecule has 1 amide bonds. The molecular weight excluding hydrogens is 645 g/mol. The van der Waals surface area contributed by atoms with Crippen LogP contribution in [-0.4, -0.2) is 40.2 Å². The minimum absolute atomic E-state index is 0. The molecule has 8 bridgehead atoms. The molecule has 3 heterocycles. The summed E-state index contributed by atoms with van der Waals surface area (Å²) in [5, 5.41) is 9.28. The molecular formula is C44H76N6O2. The van der Waals surface area contributed by atoms with Gasteiger partial charge in [0, 0.05) is 38.8 Å². The normalized spacial score (nSPS) is 43.7. The minimum Gasteiger partial charge on any atom is -0.484 e. The van der Waals surface area contributed by atoms with Gasteiger partial charge in [0.05, 0.1) is 7.11 Å². The number of rotatable bonds is 4. The van der Waals surface area contributed by atoms with Crippen LogP contribution in [0.2, 0.25) is 0 Å². The summed E-state index contributed by atoms with van der Waals surface area (Å²) in [4.78, 5) is 16.0. The average molecular weight is 721 g/mol. The fourth-order valence-electron chi connectivity index (χ4n) is 16.9. The Bertz CT molecular complexity index is 1390. The number of nitrogens with two attached hydrogens (primary N) is 1. The van der Waals surface area contributed by atoms with Gasteiger partial charge in [0.1, 0.15) is 11.6 Å². The van der Waals surface area contributed by atoms with E-state index in [2.05, 4.69) is 61.6 Å². The standard InChI is InChI=1S/C21H33N3.C15H26N2O.C7H13NO.CH4/c1-18-10-19(2)12-20(3,11-18)15-21(13-18,14-19)9-17-23-22-16-7-5-4-6-8-24(16)17;1-12-5-13(2)7-14(3,6-12)10-15(8-12,9-13)4-11(18)17-16;1-9-7-5-3-2-4-6-8-7;/h4-15H2,1-3H3;4-10,16H2,1-3H3,(H,17,18);2-6H2,1H3;1H4. The molecule has 1 aromatic heterocycles. The Balaban J connectivity index is 0.000000146. The highest BCUT2D eigenvalue weighted by molar-refractivity contribution is 5.76. The molecule has 3 N–H and O–H groups in total. The van der Waals surface area contributed by atoms with Crippen molar-refractivity contribution in [1.29, 1.82) is 0 Å². The lowest BCUT2D eigenvalue weighted by molar-refractivity contribution is -0.187. The number of aromatic nitrogens is 3. The third-order valence-corrected chi connectivity index (χ3v) is 14.9. The van der Waals surface area contributed by atoms with Crippen molar-refractivity contribution >= 4 is 11.8 Å². The molecule has 0 unspecified atom stereocenters. The third kappa shape index (κ3) is 8.17. The number of aryl methyl sites for hydroxylation is 1. The first kappa shape index (κ1) is 39.7. The van der Waals surface area contributed by atoms with E-state index in [9.17, 15) is 4.79 Å². The van der Waals surface area contributed by atoms with Crippen LogP contribution in [0.25, 0.3) is 0 Å². The molecule has 2 aliphatic heterocycles. The van der Waals surface area contributed by atoms with Crippen LogP contribution in [0.3, 0.4) is 0 Å². The Morgan fingerprint density at radius 1 is 0.673 bits per heavy atom. The van der Waals surface area contributed by atoms with E-state index in [1.165, 1.54) is 134 Å². The van der Waals surface area contributed by atoms with Crippen LogP contribution in [0.4, 0.5) is 0 Å². The maximum Gasteiger partial charge on any atom is 0.234 e. The summed E-state index contributed by atoms with van der Waals surface area (Å²) >= 11 is 0. The molecule has 0 radical (unpaired) electrons. The number of ether oxygens (including phenoxy) is 1. The predicted molar refractivity (Wildman–Crippen MR) is 212 cm³/mol. The van der Waals surface area contributed by atoms with E-state index in [-0.39, 0.29) is 18.7 Å². The van der Waals surface area contributed by atoms with Crippen molar-refractivity contribution in [1.82, 2.24) is 20.2 Å². The van der Waals surface area contributed by atoms with Crippen LogP contribution in [0, 0.1) is 43.3 Å². The molecule has 52 heavy (non-hydrogen) atoms. The van der Waals surface area contributed by atoms with Gasteiger partial charge >= 0.3 is 0 Å². The number of fused-ring (bicyclic) bond motifs is 1. The summed E-state index contributed by atoms with van der Waals surface area (Å²) in [5.74, 6) is 8.83. The highest BCUT2D eigenvalue weighted by Crippen LogP contribution is 2.75. The molecule has 294 valence electrons. The zero-order valence-electron chi connectivity index (χ0n) is 33.7. The van der Waals surface area contributed by atoms with Gasteiger partial charge in [0.25, 0.3) is 0 Å². The fourth-order valence-corrected chi connectivity index (χ4v) is 16.9. The molecule has 11 rings (SSSR count). The van der Waals surface area contributed by atoms with E-state index in [1.54, 1.807) is 7.11 Å². The first-order valence-electron chi connectivity index (χ1n) is 20.9. The zero-order chi connectivity index (χ0) is 36.4. The van der Waals surface area contributed by atoms with Crippen LogP contribution < -0.4 is 11.3 Å². The van der Waals surface area contributed by atoms with Gasteiger partial charge in [0.15, 0.2) is 5.90 Å². The van der Waals surface area contributed by atoms with Crippen LogP contribution >= 0.6 is 0 Å². The van der Waals surface area contributed by atoms with Crippen LogP contribution in [0.5, 0.6) is 0 Å². The molecule has 8 nitrogen and oxygen atoms in total. The SMILES string of the molecule is C.CC12CC3(C)CC(C)(C1)CC(CC(=O)NN)(C2)C3.CC12CC3(C)CC(C)(C1)CC(Cc1nnc4n1CCCCC4)(C2)C3.COC1=NCCCCC1. The second kappa shape index (κ2) is 14.0. The van der Waals surface area contributed by atoms with E-state index in [4.69, 9.17) is 15.7 Å². The monoisotopic (exact) mass is 721 g/mol.